The minimum atomic E-state index is -1.51. The molecule has 6 heteroatoms. The normalized spacial score (nSPS) is 10.8. The van der Waals surface area contributed by atoms with Gasteiger partial charge in [0.25, 0.3) is 0 Å². The van der Waals surface area contributed by atoms with E-state index in [1.807, 2.05) is 12.4 Å². The molecule has 4 rings (SSSR count). The van der Waals surface area contributed by atoms with Crippen molar-refractivity contribution in [2.75, 3.05) is 0 Å². The Kier molecular flexibility index (Phi) is 6.69. The van der Waals surface area contributed by atoms with Crippen LogP contribution in [0.3, 0.4) is 0 Å². The van der Waals surface area contributed by atoms with Gasteiger partial charge in [-0.1, -0.05) is 37.3 Å². The van der Waals surface area contributed by atoms with Crippen LogP contribution in [0.15, 0.2) is 54.9 Å². The van der Waals surface area contributed by atoms with E-state index >= 15 is 0 Å². The smallest absolute Gasteiger partial charge is 0.195 e. The summed E-state index contributed by atoms with van der Waals surface area (Å²) in [5.41, 5.74) is 2.54. The van der Waals surface area contributed by atoms with Crippen molar-refractivity contribution in [2.45, 2.75) is 32.6 Å². The second kappa shape index (κ2) is 9.83. The Hall–Kier alpha value is -3.72. The summed E-state index contributed by atoms with van der Waals surface area (Å²) < 4.78 is 55.3. The number of rotatable bonds is 5. The van der Waals surface area contributed by atoms with Crippen molar-refractivity contribution in [3.63, 3.8) is 0 Å². The molecule has 0 radical (unpaired) electrons. The molecule has 1 heterocycles. The average molecular weight is 448 g/mol. The van der Waals surface area contributed by atoms with Gasteiger partial charge in [-0.05, 0) is 59.7 Å². The molecule has 3 aromatic carbocycles. The van der Waals surface area contributed by atoms with Gasteiger partial charge in [-0.2, -0.15) is 0 Å². The minimum absolute atomic E-state index is 0.0426. The summed E-state index contributed by atoms with van der Waals surface area (Å²) in [4.78, 5) is 8.72. The molecule has 4 aromatic rings. The lowest BCUT2D eigenvalue weighted by molar-refractivity contribution is 0.453. The molecule has 33 heavy (non-hydrogen) atoms. The second-order valence-electron chi connectivity index (χ2n) is 7.74. The molecule has 1 aromatic heterocycles. The summed E-state index contributed by atoms with van der Waals surface area (Å²) in [6, 6.07) is 9.98. The summed E-state index contributed by atoms with van der Waals surface area (Å²) in [5.74, 6) is 1.76. The Labute approximate surface area is 189 Å². The van der Waals surface area contributed by atoms with E-state index < -0.39 is 23.3 Å². The van der Waals surface area contributed by atoms with Crippen LogP contribution in [-0.4, -0.2) is 9.97 Å². The van der Waals surface area contributed by atoms with Crippen LogP contribution in [0.25, 0.3) is 10.8 Å². The molecule has 0 aliphatic heterocycles. The fourth-order valence-electron chi connectivity index (χ4n) is 3.52. The number of benzene rings is 3. The van der Waals surface area contributed by atoms with Gasteiger partial charge in [0, 0.05) is 29.8 Å². The minimum Gasteiger partial charge on any atom is -0.241 e. The van der Waals surface area contributed by atoms with Crippen molar-refractivity contribution in [3.05, 3.63) is 106 Å². The van der Waals surface area contributed by atoms with Crippen molar-refractivity contribution in [1.29, 1.82) is 0 Å². The quantitative estimate of drug-likeness (QED) is 0.203. The van der Waals surface area contributed by atoms with Crippen LogP contribution in [0.4, 0.5) is 17.6 Å². The highest BCUT2D eigenvalue weighted by atomic mass is 19.2. The molecule has 0 saturated heterocycles. The number of fused-ring (bicyclic) bond motifs is 1. The maximum atomic E-state index is 14.5. The Bertz CT molecular complexity index is 1370. The first-order valence-corrected chi connectivity index (χ1v) is 10.6. The standard InChI is InChI=1S/C27H20F4N2/c1-2-3-19-15-32-25(33-16-19)11-7-18-5-9-20(23(28)13-18)8-4-17-6-10-22-21(12-17)14-24(29)27(31)26(22)30/h5-6,9-10,12-16H,2-3,7,11H2,1H3. The summed E-state index contributed by atoms with van der Waals surface area (Å²) >= 11 is 0. The van der Waals surface area contributed by atoms with Crippen molar-refractivity contribution in [1.82, 2.24) is 9.97 Å². The van der Waals surface area contributed by atoms with Crippen molar-refractivity contribution in [3.8, 4) is 11.8 Å². The van der Waals surface area contributed by atoms with Crippen LogP contribution < -0.4 is 0 Å². The molecule has 0 spiro atoms. The van der Waals surface area contributed by atoms with E-state index in [0.717, 1.165) is 30.0 Å². The molecule has 0 N–H and O–H groups in total. The van der Waals surface area contributed by atoms with Crippen LogP contribution in [0.2, 0.25) is 0 Å². The van der Waals surface area contributed by atoms with Crippen LogP contribution in [0, 0.1) is 35.1 Å². The first-order chi connectivity index (χ1) is 15.9. The van der Waals surface area contributed by atoms with Crippen LogP contribution in [0.1, 0.15) is 41.4 Å². The van der Waals surface area contributed by atoms with Crippen molar-refractivity contribution < 1.29 is 17.6 Å². The number of hydrogen-bond donors (Lipinski definition) is 0. The number of aryl methyl sites for hydroxylation is 3. The van der Waals surface area contributed by atoms with E-state index in [-0.39, 0.29) is 16.3 Å². The molecule has 0 atom stereocenters. The van der Waals surface area contributed by atoms with Gasteiger partial charge in [0.2, 0.25) is 0 Å². The zero-order valence-electron chi connectivity index (χ0n) is 17.9. The van der Waals surface area contributed by atoms with E-state index in [1.165, 1.54) is 24.3 Å². The largest absolute Gasteiger partial charge is 0.241 e. The molecule has 0 fully saturated rings. The van der Waals surface area contributed by atoms with Gasteiger partial charge in [-0.15, -0.1) is 0 Å². The Balaban J connectivity index is 1.47. The topological polar surface area (TPSA) is 25.8 Å². The number of nitrogens with zero attached hydrogens (tertiary/aromatic N) is 2. The molecule has 0 aliphatic rings. The van der Waals surface area contributed by atoms with E-state index in [0.29, 0.717) is 24.2 Å². The lowest BCUT2D eigenvalue weighted by Crippen LogP contribution is -2.00. The molecular weight excluding hydrogens is 428 g/mol. The van der Waals surface area contributed by atoms with E-state index in [4.69, 9.17) is 0 Å². The highest BCUT2D eigenvalue weighted by Crippen LogP contribution is 2.24. The van der Waals surface area contributed by atoms with Crippen molar-refractivity contribution in [2.24, 2.45) is 0 Å². The molecule has 2 nitrogen and oxygen atoms in total. The van der Waals surface area contributed by atoms with Crippen LogP contribution in [0.5, 0.6) is 0 Å². The molecule has 0 saturated carbocycles. The Morgan fingerprint density at radius 3 is 2.24 bits per heavy atom. The predicted octanol–water partition coefficient (Wildman–Crippen LogP) is 6.32. The van der Waals surface area contributed by atoms with Gasteiger partial charge < -0.3 is 0 Å². The fraction of sp³-hybridized carbons (Fsp3) is 0.185. The number of hydrogen-bond acceptors (Lipinski definition) is 2. The van der Waals surface area contributed by atoms with Gasteiger partial charge in [-0.3, -0.25) is 0 Å². The Morgan fingerprint density at radius 1 is 0.727 bits per heavy atom. The second-order valence-corrected chi connectivity index (χ2v) is 7.74. The lowest BCUT2D eigenvalue weighted by Gasteiger charge is -2.04. The number of aromatic nitrogens is 2. The maximum Gasteiger partial charge on any atom is 0.195 e. The van der Waals surface area contributed by atoms with E-state index in [2.05, 4.69) is 28.7 Å². The third kappa shape index (κ3) is 5.20. The van der Waals surface area contributed by atoms with E-state index in [1.54, 1.807) is 12.1 Å². The lowest BCUT2D eigenvalue weighted by atomic mass is 10.0. The molecule has 0 amide bonds. The molecule has 166 valence electrons. The first-order valence-electron chi connectivity index (χ1n) is 10.6. The molecule has 0 aliphatic carbocycles. The van der Waals surface area contributed by atoms with Gasteiger partial charge in [0.1, 0.15) is 11.6 Å². The molecule has 0 unspecified atom stereocenters. The number of halogens is 4. The monoisotopic (exact) mass is 448 g/mol. The summed E-state index contributed by atoms with van der Waals surface area (Å²) in [5, 5.41) is 0.137. The van der Waals surface area contributed by atoms with Crippen LogP contribution >= 0.6 is 0 Å². The van der Waals surface area contributed by atoms with E-state index in [9.17, 15) is 17.6 Å². The third-order valence-corrected chi connectivity index (χ3v) is 5.28. The summed E-state index contributed by atoms with van der Waals surface area (Å²) in [7, 11) is 0. The van der Waals surface area contributed by atoms with Gasteiger partial charge in [0.05, 0.1) is 5.56 Å². The first kappa shape index (κ1) is 22.5. The molecular formula is C27H20F4N2. The van der Waals surface area contributed by atoms with Gasteiger partial charge in [0.15, 0.2) is 17.5 Å². The van der Waals surface area contributed by atoms with Gasteiger partial charge >= 0.3 is 0 Å². The predicted molar refractivity (Wildman–Crippen MR) is 120 cm³/mol. The average Bonchev–Trinajstić information content (AvgIpc) is 2.81. The third-order valence-electron chi connectivity index (χ3n) is 5.28. The zero-order chi connectivity index (χ0) is 23.4. The summed E-state index contributed by atoms with van der Waals surface area (Å²) in [6.45, 7) is 2.10. The highest BCUT2D eigenvalue weighted by Gasteiger charge is 2.13. The zero-order valence-corrected chi connectivity index (χ0v) is 17.9. The Morgan fingerprint density at radius 2 is 1.52 bits per heavy atom. The fourth-order valence-corrected chi connectivity index (χ4v) is 3.52. The highest BCUT2D eigenvalue weighted by molar-refractivity contribution is 5.84. The van der Waals surface area contributed by atoms with Crippen LogP contribution in [-0.2, 0) is 19.3 Å². The summed E-state index contributed by atoms with van der Waals surface area (Å²) in [6.07, 6.45) is 6.83. The SMILES string of the molecule is CCCc1cnc(CCc2ccc(C#Cc3ccc4c(F)c(F)c(F)cc4c3)c(F)c2)nc1. The van der Waals surface area contributed by atoms with Crippen molar-refractivity contribution >= 4 is 10.8 Å². The maximum absolute atomic E-state index is 14.5. The molecule has 0 bridgehead atoms. The van der Waals surface area contributed by atoms with Gasteiger partial charge in [-0.25, -0.2) is 27.5 Å².